The van der Waals surface area contributed by atoms with Crippen molar-refractivity contribution >= 4 is 34.6 Å². The number of carboxylic acid groups (broad SMARTS) is 1. The van der Waals surface area contributed by atoms with Crippen molar-refractivity contribution in [2.24, 2.45) is 0 Å². The highest BCUT2D eigenvalue weighted by Gasteiger charge is 2.12. The van der Waals surface area contributed by atoms with Crippen LogP contribution in [0.5, 0.6) is 5.75 Å². The molecule has 142 valence electrons. The van der Waals surface area contributed by atoms with Gasteiger partial charge in [0, 0.05) is 16.9 Å². The Labute approximate surface area is 167 Å². The van der Waals surface area contributed by atoms with E-state index in [2.05, 4.69) is 21.1 Å². The van der Waals surface area contributed by atoms with Crippen molar-refractivity contribution < 1.29 is 14.6 Å². The van der Waals surface area contributed by atoms with Gasteiger partial charge in [-0.1, -0.05) is 43.2 Å². The minimum absolute atomic E-state index is 0.0241. The van der Waals surface area contributed by atoms with E-state index in [1.54, 1.807) is 6.07 Å². The summed E-state index contributed by atoms with van der Waals surface area (Å²) >= 11 is 0.929. The molecule has 0 atom stereocenters. The molecule has 0 unspecified atom stereocenters. The molecule has 0 radical (unpaired) electrons. The molecule has 3 rings (SSSR count). The van der Waals surface area contributed by atoms with Crippen molar-refractivity contribution in [3.8, 4) is 18.1 Å². The van der Waals surface area contributed by atoms with Crippen LogP contribution >= 0.6 is 11.8 Å². The first-order valence-corrected chi connectivity index (χ1v) is 9.54. The predicted octanol–water partition coefficient (Wildman–Crippen LogP) is 2.81. The molecule has 1 N–H and O–H groups in total. The standard InChI is InChI=1S/C21H19N3O3S/c1-3-7-19-22-21(24-23-19)28-18(20(25)26)13-16-15-9-6-5-8-14(15)10-11-17(16)27-12-4-2/h2,5-6,8-11,13H,3,7,12H2,1H3,(H,25,26)(H,22,23,24)/p-1/b18-13-. The van der Waals surface area contributed by atoms with Gasteiger partial charge in [-0.2, -0.15) is 0 Å². The first kappa shape index (κ1) is 19.5. The van der Waals surface area contributed by atoms with Crippen LogP contribution in [0.3, 0.4) is 0 Å². The number of aryl methyl sites for hydroxylation is 1. The third-order valence-electron chi connectivity index (χ3n) is 3.92. The van der Waals surface area contributed by atoms with E-state index < -0.39 is 5.97 Å². The van der Waals surface area contributed by atoms with Gasteiger partial charge in [-0.3, -0.25) is 5.10 Å². The molecule has 0 saturated heterocycles. The van der Waals surface area contributed by atoms with Gasteiger partial charge in [0.05, 0.1) is 5.97 Å². The molecular formula is C21H18N3O3S-. The molecule has 1 heterocycles. The van der Waals surface area contributed by atoms with Crippen molar-refractivity contribution in [1.82, 2.24) is 15.2 Å². The second-order valence-electron chi connectivity index (χ2n) is 5.90. The minimum Gasteiger partial charge on any atom is -0.544 e. The Hall–Kier alpha value is -3.24. The molecule has 7 heteroatoms. The molecule has 0 saturated carbocycles. The quantitative estimate of drug-likeness (QED) is 0.360. The predicted molar refractivity (Wildman–Crippen MR) is 107 cm³/mol. The highest BCUT2D eigenvalue weighted by molar-refractivity contribution is 8.04. The number of hydrogen-bond acceptors (Lipinski definition) is 6. The molecular weight excluding hydrogens is 374 g/mol. The molecule has 0 bridgehead atoms. The van der Waals surface area contributed by atoms with Crippen molar-refractivity contribution in [1.29, 1.82) is 0 Å². The van der Waals surface area contributed by atoms with Gasteiger partial charge >= 0.3 is 0 Å². The summed E-state index contributed by atoms with van der Waals surface area (Å²) < 4.78 is 5.62. The SMILES string of the molecule is C#CCOc1ccc2ccccc2c1/C=C(\Sc1n[nH]c(CCC)n1)C(=O)[O-]. The van der Waals surface area contributed by atoms with Gasteiger partial charge in [-0.25, -0.2) is 4.98 Å². The maximum absolute atomic E-state index is 11.8. The fraction of sp³-hybridized carbons (Fsp3) is 0.190. The van der Waals surface area contributed by atoms with E-state index in [4.69, 9.17) is 11.2 Å². The first-order chi connectivity index (χ1) is 13.6. The lowest BCUT2D eigenvalue weighted by atomic mass is 10.0. The lowest BCUT2D eigenvalue weighted by molar-refractivity contribution is -0.297. The molecule has 0 fully saturated rings. The summed E-state index contributed by atoms with van der Waals surface area (Å²) in [6.45, 7) is 2.11. The van der Waals surface area contributed by atoms with E-state index in [1.807, 2.05) is 37.3 Å². The van der Waals surface area contributed by atoms with Gasteiger partial charge in [0.15, 0.2) is 0 Å². The summed E-state index contributed by atoms with van der Waals surface area (Å²) in [5.41, 5.74) is 0.615. The largest absolute Gasteiger partial charge is 0.544 e. The van der Waals surface area contributed by atoms with Crippen LogP contribution in [0.25, 0.3) is 16.8 Å². The Bertz CT molecular complexity index is 1070. The third kappa shape index (κ3) is 4.53. The average molecular weight is 392 g/mol. The number of carbonyl (C=O) groups excluding carboxylic acids is 1. The van der Waals surface area contributed by atoms with Crippen molar-refractivity contribution in [3.63, 3.8) is 0 Å². The number of benzene rings is 2. The third-order valence-corrected chi connectivity index (χ3v) is 4.79. The Morgan fingerprint density at radius 2 is 2.18 bits per heavy atom. The molecule has 0 amide bonds. The number of fused-ring (bicyclic) bond motifs is 1. The number of aliphatic carboxylic acids is 1. The number of rotatable bonds is 8. The fourth-order valence-corrected chi connectivity index (χ4v) is 3.41. The summed E-state index contributed by atoms with van der Waals surface area (Å²) in [7, 11) is 0. The van der Waals surface area contributed by atoms with E-state index >= 15 is 0 Å². The molecule has 2 aromatic carbocycles. The van der Waals surface area contributed by atoms with Crippen LogP contribution in [0.2, 0.25) is 0 Å². The zero-order valence-corrected chi connectivity index (χ0v) is 16.1. The van der Waals surface area contributed by atoms with E-state index in [-0.39, 0.29) is 11.5 Å². The maximum atomic E-state index is 11.8. The van der Waals surface area contributed by atoms with E-state index in [1.165, 1.54) is 6.08 Å². The van der Waals surface area contributed by atoms with Gasteiger partial charge in [0.25, 0.3) is 0 Å². The van der Waals surface area contributed by atoms with Gasteiger partial charge in [0.1, 0.15) is 18.2 Å². The molecule has 1 aromatic heterocycles. The Balaban J connectivity index is 2.04. The van der Waals surface area contributed by atoms with Crippen molar-refractivity contribution in [2.45, 2.75) is 24.9 Å². The minimum atomic E-state index is -1.32. The number of aromatic nitrogens is 3. The van der Waals surface area contributed by atoms with Crippen molar-refractivity contribution in [3.05, 3.63) is 52.7 Å². The fourth-order valence-electron chi connectivity index (χ4n) is 2.70. The van der Waals surface area contributed by atoms with E-state index in [9.17, 15) is 9.90 Å². The van der Waals surface area contributed by atoms with Crippen LogP contribution in [-0.2, 0) is 11.2 Å². The average Bonchev–Trinajstić information content (AvgIpc) is 3.14. The number of nitrogens with zero attached hydrogens (tertiary/aromatic N) is 2. The Morgan fingerprint density at radius 3 is 2.93 bits per heavy atom. The number of terminal acetylenes is 1. The lowest BCUT2D eigenvalue weighted by Crippen LogP contribution is -2.23. The Kier molecular flexibility index (Phi) is 6.35. The molecule has 0 aliphatic rings. The summed E-state index contributed by atoms with van der Waals surface area (Å²) in [6.07, 6.45) is 8.47. The van der Waals surface area contributed by atoms with Crippen LogP contribution in [-0.4, -0.2) is 27.8 Å². The maximum Gasteiger partial charge on any atom is 0.213 e. The highest BCUT2D eigenvalue weighted by atomic mass is 32.2. The van der Waals surface area contributed by atoms with Crippen LogP contribution in [0.1, 0.15) is 24.7 Å². The smallest absolute Gasteiger partial charge is 0.213 e. The lowest BCUT2D eigenvalue weighted by Gasteiger charge is -2.12. The number of H-pyrrole nitrogens is 1. The van der Waals surface area contributed by atoms with E-state index in [0.717, 1.165) is 35.4 Å². The first-order valence-electron chi connectivity index (χ1n) is 8.72. The number of ether oxygens (including phenoxy) is 1. The number of thioether (sulfide) groups is 1. The highest BCUT2D eigenvalue weighted by Crippen LogP contribution is 2.33. The topological polar surface area (TPSA) is 90.9 Å². The summed E-state index contributed by atoms with van der Waals surface area (Å²) in [5.74, 6) is 2.32. The number of nitrogens with one attached hydrogen (secondary N) is 1. The normalized spacial score (nSPS) is 11.4. The summed E-state index contributed by atoms with van der Waals surface area (Å²) in [5, 5.41) is 20.8. The van der Waals surface area contributed by atoms with Crippen LogP contribution in [0.4, 0.5) is 0 Å². The van der Waals surface area contributed by atoms with E-state index in [0.29, 0.717) is 22.3 Å². The monoisotopic (exact) mass is 392 g/mol. The molecule has 3 aromatic rings. The number of carbonyl (C=O) groups is 1. The van der Waals surface area contributed by atoms with Crippen LogP contribution < -0.4 is 9.84 Å². The molecule has 28 heavy (non-hydrogen) atoms. The van der Waals surface area contributed by atoms with Gasteiger partial charge in [-0.05, 0) is 41.1 Å². The number of hydrogen-bond donors (Lipinski definition) is 1. The zero-order valence-electron chi connectivity index (χ0n) is 15.3. The van der Waals surface area contributed by atoms with Crippen LogP contribution in [0, 0.1) is 12.3 Å². The molecule has 0 aliphatic carbocycles. The van der Waals surface area contributed by atoms with Gasteiger partial charge in [0.2, 0.25) is 5.16 Å². The second kappa shape index (κ2) is 9.11. The molecule has 0 spiro atoms. The number of carboxylic acids is 1. The second-order valence-corrected chi connectivity index (χ2v) is 6.91. The summed E-state index contributed by atoms with van der Waals surface area (Å²) in [4.78, 5) is 16.0. The van der Waals surface area contributed by atoms with Crippen LogP contribution in [0.15, 0.2) is 46.5 Å². The van der Waals surface area contributed by atoms with Gasteiger partial charge in [-0.15, -0.1) is 11.5 Å². The Morgan fingerprint density at radius 1 is 1.36 bits per heavy atom. The number of aromatic amines is 1. The molecule has 6 nitrogen and oxygen atoms in total. The van der Waals surface area contributed by atoms with Gasteiger partial charge < -0.3 is 14.6 Å². The zero-order chi connectivity index (χ0) is 19.9. The summed E-state index contributed by atoms with van der Waals surface area (Å²) in [6, 6.07) is 11.3. The van der Waals surface area contributed by atoms with Crippen molar-refractivity contribution in [2.75, 3.05) is 6.61 Å². The molecule has 0 aliphatic heterocycles.